The first kappa shape index (κ1) is 27.4. The summed E-state index contributed by atoms with van der Waals surface area (Å²) >= 11 is 9.18. The van der Waals surface area contributed by atoms with Crippen LogP contribution in [0.3, 0.4) is 0 Å². The molecule has 190 valence electrons. The number of aryl methyl sites for hydroxylation is 1. The Morgan fingerprint density at radius 2 is 1.69 bits per heavy atom. The molecule has 3 aromatic rings. The first-order valence-electron chi connectivity index (χ1n) is 11.2. The normalized spacial score (nSPS) is 13.5. The summed E-state index contributed by atoms with van der Waals surface area (Å²) in [5.74, 6) is 1.40. The van der Waals surface area contributed by atoms with E-state index >= 15 is 0 Å². The third-order valence-electron chi connectivity index (χ3n) is 5.85. The van der Waals surface area contributed by atoms with Crippen molar-refractivity contribution in [2.24, 2.45) is 0 Å². The van der Waals surface area contributed by atoms with Gasteiger partial charge >= 0.3 is 0 Å². The van der Waals surface area contributed by atoms with Crippen LogP contribution in [0, 0.1) is 6.92 Å². The Bertz CT molecular complexity index is 1110. The molecule has 1 heterocycles. The largest absolute Gasteiger partial charge is 0.491 e. The van der Waals surface area contributed by atoms with Gasteiger partial charge in [0.15, 0.2) is 0 Å². The third-order valence-corrected chi connectivity index (χ3v) is 6.82. The topological polar surface area (TPSA) is 110 Å². The number of ether oxygens (including phenoxy) is 2. The van der Waals surface area contributed by atoms with E-state index in [9.17, 15) is 15.3 Å². The summed E-state index contributed by atoms with van der Waals surface area (Å²) in [6.45, 7) is 6.22. The van der Waals surface area contributed by atoms with E-state index in [1.165, 1.54) is 4.68 Å². The average Bonchev–Trinajstić information content (AvgIpc) is 3.20. The van der Waals surface area contributed by atoms with Gasteiger partial charge in [-0.1, -0.05) is 37.3 Å². The number of rotatable bonds is 12. The van der Waals surface area contributed by atoms with E-state index in [4.69, 9.17) is 21.1 Å². The highest BCUT2D eigenvalue weighted by Gasteiger charge is 2.24. The van der Waals surface area contributed by atoms with Crippen LogP contribution in [0.4, 0.5) is 0 Å². The van der Waals surface area contributed by atoms with Gasteiger partial charge in [-0.3, -0.25) is 0 Å². The quantitative estimate of drug-likeness (QED) is 0.287. The third kappa shape index (κ3) is 6.95. The first-order valence-corrected chi connectivity index (χ1v) is 12.6. The van der Waals surface area contributed by atoms with Crippen LogP contribution in [-0.2, 0) is 18.6 Å². The van der Waals surface area contributed by atoms with E-state index in [-0.39, 0.29) is 37.7 Å². The van der Waals surface area contributed by atoms with Crippen LogP contribution in [0.1, 0.15) is 36.4 Å². The molecule has 0 aliphatic carbocycles. The van der Waals surface area contributed by atoms with Crippen LogP contribution in [0.5, 0.6) is 11.5 Å². The highest BCUT2D eigenvalue weighted by atomic mass is 79.9. The summed E-state index contributed by atoms with van der Waals surface area (Å²) in [6, 6.07) is 13.6. The minimum Gasteiger partial charge on any atom is -0.491 e. The van der Waals surface area contributed by atoms with Crippen LogP contribution < -0.4 is 9.47 Å². The number of benzene rings is 2. The monoisotopic (exact) mass is 567 g/mol. The molecule has 0 amide bonds. The maximum Gasteiger partial charge on any atom is 0.133 e. The summed E-state index contributed by atoms with van der Waals surface area (Å²) in [4.78, 5) is 0. The number of hydrogen-bond donors (Lipinski definition) is 3. The van der Waals surface area contributed by atoms with Gasteiger partial charge in [-0.15, -0.1) is 16.7 Å². The fraction of sp³-hybridized carbons (Fsp3) is 0.440. The van der Waals surface area contributed by atoms with Gasteiger partial charge in [0.2, 0.25) is 0 Å². The van der Waals surface area contributed by atoms with Crippen molar-refractivity contribution in [3.63, 3.8) is 0 Å². The first-order chi connectivity index (χ1) is 16.6. The predicted octanol–water partition coefficient (Wildman–Crippen LogP) is 3.59. The Kier molecular flexibility index (Phi) is 9.54. The molecule has 0 unspecified atom stereocenters. The second-order valence-corrected chi connectivity index (χ2v) is 10.0. The number of aliphatic hydroxyl groups is 3. The van der Waals surface area contributed by atoms with Crippen LogP contribution in [0.15, 0.2) is 46.9 Å². The van der Waals surface area contributed by atoms with Crippen molar-refractivity contribution < 1.29 is 24.8 Å². The molecule has 0 spiro atoms. The van der Waals surface area contributed by atoms with Crippen molar-refractivity contribution in [2.75, 3.05) is 19.1 Å². The number of nitrogens with zero attached hydrogens (tertiary/aromatic N) is 3. The summed E-state index contributed by atoms with van der Waals surface area (Å²) in [5.41, 5.74) is 3.10. The molecule has 0 aliphatic rings. The molecular formula is C25H31BrClN3O5. The lowest BCUT2D eigenvalue weighted by molar-refractivity contribution is 0.0866. The van der Waals surface area contributed by atoms with Gasteiger partial charge < -0.3 is 24.8 Å². The van der Waals surface area contributed by atoms with Crippen molar-refractivity contribution >= 4 is 27.5 Å². The number of halogens is 2. The number of aliphatic hydroxyl groups excluding tert-OH is 3. The smallest absolute Gasteiger partial charge is 0.133 e. The minimum absolute atomic E-state index is 0.0827. The molecule has 0 bridgehead atoms. The number of aromatic nitrogens is 3. The van der Waals surface area contributed by atoms with E-state index < -0.39 is 12.2 Å². The molecule has 0 saturated carbocycles. The van der Waals surface area contributed by atoms with E-state index in [0.29, 0.717) is 22.9 Å². The van der Waals surface area contributed by atoms with Gasteiger partial charge in [-0.05, 0) is 58.2 Å². The molecule has 10 heteroatoms. The Balaban J connectivity index is 1.61. The molecule has 0 fully saturated rings. The highest BCUT2D eigenvalue weighted by molar-refractivity contribution is 9.10. The van der Waals surface area contributed by atoms with Gasteiger partial charge in [0.05, 0.1) is 34.9 Å². The van der Waals surface area contributed by atoms with Gasteiger partial charge in [0, 0.05) is 5.41 Å². The zero-order valence-electron chi connectivity index (χ0n) is 20.0. The highest BCUT2D eigenvalue weighted by Crippen LogP contribution is 2.36. The number of alkyl halides is 1. The molecule has 2 atom stereocenters. The lowest BCUT2D eigenvalue weighted by Gasteiger charge is -2.27. The van der Waals surface area contributed by atoms with E-state index in [1.807, 2.05) is 42.5 Å². The van der Waals surface area contributed by atoms with Gasteiger partial charge in [0.1, 0.15) is 36.9 Å². The minimum atomic E-state index is -0.804. The molecule has 0 radical (unpaired) electrons. The molecule has 0 saturated heterocycles. The van der Waals surface area contributed by atoms with Crippen molar-refractivity contribution in [1.29, 1.82) is 0 Å². The van der Waals surface area contributed by atoms with Crippen molar-refractivity contribution in [1.82, 2.24) is 15.0 Å². The summed E-state index contributed by atoms with van der Waals surface area (Å²) < 4.78 is 13.7. The van der Waals surface area contributed by atoms with Crippen molar-refractivity contribution in [3.05, 3.63) is 69.5 Å². The summed E-state index contributed by atoms with van der Waals surface area (Å²) in [5, 5.41) is 37.2. The van der Waals surface area contributed by atoms with Crippen LogP contribution in [0.2, 0.25) is 0 Å². The Morgan fingerprint density at radius 3 is 2.31 bits per heavy atom. The van der Waals surface area contributed by atoms with Gasteiger partial charge in [-0.25, -0.2) is 4.68 Å². The number of hydrogen-bond acceptors (Lipinski definition) is 7. The van der Waals surface area contributed by atoms with E-state index in [0.717, 1.165) is 15.6 Å². The Hall–Kier alpha value is -2.17. The van der Waals surface area contributed by atoms with Gasteiger partial charge in [0.25, 0.3) is 0 Å². The van der Waals surface area contributed by atoms with E-state index in [2.05, 4.69) is 40.1 Å². The standard InChI is InChI=1S/C25H31BrClN3O5/c1-16-23(13-31)30(29-28-16)12-20(33)15-34-21-7-4-17(5-8-21)25(2,3)18-6-9-24(22(26)10-18)35-14-19(32)11-27/h4-10,19-20,31-33H,11-15H2,1-3H3/t19-,20+/m0/s1. The molecule has 35 heavy (non-hydrogen) atoms. The second-order valence-electron chi connectivity index (χ2n) is 8.84. The maximum atomic E-state index is 10.3. The Morgan fingerprint density at radius 1 is 1.03 bits per heavy atom. The molecular weight excluding hydrogens is 538 g/mol. The molecule has 0 aliphatic heterocycles. The lowest BCUT2D eigenvalue weighted by Crippen LogP contribution is -2.25. The SMILES string of the molecule is Cc1nnn(C[C@@H](O)COc2ccc(C(C)(C)c3ccc(OC[C@@H](O)CCl)c(Br)c3)cc2)c1CO. The Labute approximate surface area is 218 Å². The van der Waals surface area contributed by atoms with Gasteiger partial charge in [-0.2, -0.15) is 0 Å². The molecule has 8 nitrogen and oxygen atoms in total. The molecule has 3 N–H and O–H groups in total. The fourth-order valence-electron chi connectivity index (χ4n) is 3.58. The van der Waals surface area contributed by atoms with Crippen molar-refractivity contribution in [2.45, 2.75) is 51.5 Å². The van der Waals surface area contributed by atoms with Crippen LogP contribution in [0.25, 0.3) is 0 Å². The summed E-state index contributed by atoms with van der Waals surface area (Å²) in [7, 11) is 0. The zero-order chi connectivity index (χ0) is 25.6. The van der Waals surface area contributed by atoms with E-state index in [1.54, 1.807) is 6.92 Å². The second kappa shape index (κ2) is 12.2. The zero-order valence-corrected chi connectivity index (χ0v) is 22.3. The molecule has 2 aromatic carbocycles. The molecule has 1 aromatic heterocycles. The average molecular weight is 569 g/mol. The predicted molar refractivity (Wildman–Crippen MR) is 137 cm³/mol. The summed E-state index contributed by atoms with van der Waals surface area (Å²) in [6.07, 6.45) is -1.52. The van der Waals surface area contributed by atoms with Crippen LogP contribution in [-0.4, -0.2) is 61.6 Å². The maximum absolute atomic E-state index is 10.3. The van der Waals surface area contributed by atoms with Crippen molar-refractivity contribution in [3.8, 4) is 11.5 Å². The lowest BCUT2D eigenvalue weighted by atomic mass is 9.78. The van der Waals surface area contributed by atoms with Crippen LogP contribution >= 0.6 is 27.5 Å². The fourth-order valence-corrected chi connectivity index (χ4v) is 4.16. The molecule has 3 rings (SSSR count).